The van der Waals surface area contributed by atoms with Crippen molar-refractivity contribution in [1.29, 1.82) is 0 Å². The van der Waals surface area contributed by atoms with Crippen LogP contribution in [0.1, 0.15) is 12.5 Å². The average Bonchev–Trinajstić information content (AvgIpc) is 2.43. The number of likely N-dealkylation sites (N-methyl/N-ethyl adjacent to an activating group) is 1. The summed E-state index contributed by atoms with van der Waals surface area (Å²) < 4.78 is 17.2. The van der Waals surface area contributed by atoms with Crippen LogP contribution < -0.4 is 0 Å². The van der Waals surface area contributed by atoms with Crippen LogP contribution in [0.3, 0.4) is 0 Å². The molecule has 0 aromatic heterocycles. The molecule has 0 aliphatic rings. The molecule has 0 spiro atoms. The molecule has 1 aromatic rings. The quantitative estimate of drug-likeness (QED) is 0.603. The van der Waals surface area contributed by atoms with E-state index < -0.39 is 5.97 Å². The zero-order valence-electron chi connectivity index (χ0n) is 10.9. The largest absolute Gasteiger partial charge is 0.468 e. The fraction of sp³-hybridized carbons (Fsp3) is 0.286. The number of benzene rings is 1. The van der Waals surface area contributed by atoms with Crippen molar-refractivity contribution in [3.8, 4) is 0 Å². The normalized spacial score (nSPS) is 10.5. The molecule has 19 heavy (non-hydrogen) atoms. The minimum absolute atomic E-state index is 0.0837. The van der Waals surface area contributed by atoms with Crippen LogP contribution in [0, 0.1) is 5.82 Å². The molecule has 5 heteroatoms. The van der Waals surface area contributed by atoms with E-state index in [0.29, 0.717) is 12.1 Å². The van der Waals surface area contributed by atoms with Gasteiger partial charge in [-0.2, -0.15) is 0 Å². The van der Waals surface area contributed by atoms with Gasteiger partial charge in [0, 0.05) is 12.6 Å². The van der Waals surface area contributed by atoms with Gasteiger partial charge in [-0.3, -0.25) is 9.59 Å². The monoisotopic (exact) mass is 265 g/mol. The summed E-state index contributed by atoms with van der Waals surface area (Å²) in [7, 11) is 1.27. The lowest BCUT2D eigenvalue weighted by Gasteiger charge is -2.17. The lowest BCUT2D eigenvalue weighted by atomic mass is 10.2. The number of amides is 1. The Labute approximate surface area is 111 Å². The predicted molar refractivity (Wildman–Crippen MR) is 69.7 cm³/mol. The Bertz CT molecular complexity index is 468. The lowest BCUT2D eigenvalue weighted by Crippen LogP contribution is -2.34. The zero-order chi connectivity index (χ0) is 14.3. The van der Waals surface area contributed by atoms with Gasteiger partial charge in [-0.25, -0.2) is 4.39 Å². The number of halogens is 1. The van der Waals surface area contributed by atoms with E-state index in [-0.39, 0.29) is 18.3 Å². The van der Waals surface area contributed by atoms with Gasteiger partial charge in [0.05, 0.1) is 7.11 Å². The molecule has 0 aliphatic carbocycles. The van der Waals surface area contributed by atoms with E-state index in [9.17, 15) is 14.0 Å². The maximum atomic E-state index is 12.7. The van der Waals surface area contributed by atoms with Gasteiger partial charge in [-0.05, 0) is 30.7 Å². The summed E-state index contributed by atoms with van der Waals surface area (Å²) in [5.74, 6) is -1.09. The van der Waals surface area contributed by atoms with Crippen molar-refractivity contribution in [3.05, 3.63) is 41.7 Å². The van der Waals surface area contributed by atoms with E-state index in [2.05, 4.69) is 4.74 Å². The first-order valence-electron chi connectivity index (χ1n) is 5.86. The molecule has 102 valence electrons. The van der Waals surface area contributed by atoms with Crippen LogP contribution in [0.15, 0.2) is 30.3 Å². The first-order valence-corrected chi connectivity index (χ1v) is 5.86. The molecule has 0 aliphatic heterocycles. The smallest absolute Gasteiger partial charge is 0.325 e. The molecular weight excluding hydrogens is 249 g/mol. The number of esters is 1. The molecule has 4 nitrogen and oxygen atoms in total. The van der Waals surface area contributed by atoms with Gasteiger partial charge < -0.3 is 9.64 Å². The zero-order valence-corrected chi connectivity index (χ0v) is 10.9. The number of hydrogen-bond donors (Lipinski definition) is 0. The van der Waals surface area contributed by atoms with E-state index >= 15 is 0 Å². The summed E-state index contributed by atoms with van der Waals surface area (Å²) in [6, 6.07) is 5.76. The predicted octanol–water partition coefficient (Wildman–Crippen LogP) is 1.86. The first-order chi connectivity index (χ1) is 9.06. The summed E-state index contributed by atoms with van der Waals surface area (Å²) >= 11 is 0. The van der Waals surface area contributed by atoms with Crippen molar-refractivity contribution in [2.24, 2.45) is 0 Å². The highest BCUT2D eigenvalue weighted by Crippen LogP contribution is 2.05. The molecule has 1 aromatic carbocycles. The van der Waals surface area contributed by atoms with Crippen LogP contribution in [0.5, 0.6) is 0 Å². The fourth-order valence-electron chi connectivity index (χ4n) is 1.41. The Morgan fingerprint density at radius 1 is 1.32 bits per heavy atom. The summed E-state index contributed by atoms with van der Waals surface area (Å²) in [5, 5.41) is 0. The van der Waals surface area contributed by atoms with Crippen LogP contribution in [-0.2, 0) is 14.3 Å². The number of nitrogens with zero attached hydrogens (tertiary/aromatic N) is 1. The highest BCUT2D eigenvalue weighted by molar-refractivity contribution is 5.93. The van der Waals surface area contributed by atoms with Crippen molar-refractivity contribution in [2.75, 3.05) is 20.2 Å². The number of carbonyl (C=O) groups excluding carboxylic acids is 2. The Hall–Kier alpha value is -2.17. The van der Waals surface area contributed by atoms with Gasteiger partial charge in [-0.1, -0.05) is 12.1 Å². The van der Waals surface area contributed by atoms with Gasteiger partial charge in [0.25, 0.3) is 0 Å². The van der Waals surface area contributed by atoms with E-state index in [0.717, 1.165) is 0 Å². The maximum absolute atomic E-state index is 12.7. The van der Waals surface area contributed by atoms with Gasteiger partial charge in [0.1, 0.15) is 12.4 Å². The van der Waals surface area contributed by atoms with E-state index in [1.807, 2.05) is 0 Å². The standard InChI is InChI=1S/C14H16FNO3/c1-3-16(10-14(18)19-2)13(17)9-6-11-4-7-12(15)8-5-11/h4-9H,3,10H2,1-2H3/b9-6+. The highest BCUT2D eigenvalue weighted by Gasteiger charge is 2.12. The Balaban J connectivity index is 2.66. The number of hydrogen-bond acceptors (Lipinski definition) is 3. The van der Waals surface area contributed by atoms with Gasteiger partial charge >= 0.3 is 5.97 Å². The maximum Gasteiger partial charge on any atom is 0.325 e. The molecule has 0 saturated heterocycles. The van der Waals surface area contributed by atoms with Gasteiger partial charge in [0.2, 0.25) is 5.91 Å². The van der Waals surface area contributed by atoms with Crippen LogP contribution in [0.2, 0.25) is 0 Å². The third kappa shape index (κ3) is 4.91. The topological polar surface area (TPSA) is 46.6 Å². The molecule has 0 N–H and O–H groups in total. The van der Waals surface area contributed by atoms with Crippen molar-refractivity contribution in [3.63, 3.8) is 0 Å². The van der Waals surface area contributed by atoms with Crippen molar-refractivity contribution in [1.82, 2.24) is 4.90 Å². The Kier molecular flexibility index (Phi) is 5.73. The minimum atomic E-state index is -0.467. The number of carbonyl (C=O) groups is 2. The molecule has 0 radical (unpaired) electrons. The van der Waals surface area contributed by atoms with E-state index in [1.54, 1.807) is 25.1 Å². The Morgan fingerprint density at radius 3 is 2.47 bits per heavy atom. The van der Waals surface area contributed by atoms with Crippen LogP contribution in [0.4, 0.5) is 4.39 Å². The average molecular weight is 265 g/mol. The molecule has 1 rings (SSSR count). The summed E-state index contributed by atoms with van der Waals surface area (Å²) in [4.78, 5) is 24.3. The van der Waals surface area contributed by atoms with Gasteiger partial charge in [-0.15, -0.1) is 0 Å². The molecule has 0 unspecified atom stereocenters. The molecule has 0 heterocycles. The van der Waals surface area contributed by atoms with Crippen molar-refractivity contribution < 1.29 is 18.7 Å². The third-order valence-corrected chi connectivity index (χ3v) is 2.53. The molecule has 0 bridgehead atoms. The second-order valence-corrected chi connectivity index (χ2v) is 3.81. The first kappa shape index (κ1) is 14.9. The van der Waals surface area contributed by atoms with Crippen molar-refractivity contribution in [2.45, 2.75) is 6.92 Å². The van der Waals surface area contributed by atoms with Gasteiger partial charge in [0.15, 0.2) is 0 Å². The lowest BCUT2D eigenvalue weighted by molar-refractivity contribution is -0.145. The van der Waals surface area contributed by atoms with Crippen molar-refractivity contribution >= 4 is 18.0 Å². The molecule has 1 amide bonds. The van der Waals surface area contributed by atoms with Crippen LogP contribution in [-0.4, -0.2) is 37.0 Å². The highest BCUT2D eigenvalue weighted by atomic mass is 19.1. The molecule has 0 saturated carbocycles. The molecule has 0 fully saturated rings. The Morgan fingerprint density at radius 2 is 1.95 bits per heavy atom. The number of ether oxygens (including phenoxy) is 1. The summed E-state index contributed by atoms with van der Waals surface area (Å²) in [5.41, 5.74) is 0.712. The summed E-state index contributed by atoms with van der Waals surface area (Å²) in [6.45, 7) is 2.09. The fourth-order valence-corrected chi connectivity index (χ4v) is 1.41. The van der Waals surface area contributed by atoms with Crippen LogP contribution >= 0.6 is 0 Å². The van der Waals surface area contributed by atoms with Crippen LogP contribution in [0.25, 0.3) is 6.08 Å². The van der Waals surface area contributed by atoms with E-state index in [4.69, 9.17) is 0 Å². The second-order valence-electron chi connectivity index (χ2n) is 3.81. The SMILES string of the molecule is CCN(CC(=O)OC)C(=O)/C=C/c1ccc(F)cc1. The second kappa shape index (κ2) is 7.31. The minimum Gasteiger partial charge on any atom is -0.468 e. The third-order valence-electron chi connectivity index (χ3n) is 2.53. The summed E-state index contributed by atoms with van der Waals surface area (Å²) in [6.07, 6.45) is 2.92. The molecular formula is C14H16FNO3. The van der Waals surface area contributed by atoms with E-state index in [1.165, 1.54) is 30.2 Å². The molecule has 0 atom stereocenters. The number of methoxy groups -OCH3 is 1. The number of rotatable bonds is 5.